The van der Waals surface area contributed by atoms with Gasteiger partial charge >= 0.3 is 5.97 Å². The van der Waals surface area contributed by atoms with Crippen molar-refractivity contribution in [1.29, 1.82) is 0 Å². The Kier molecular flexibility index (Phi) is 4.22. The number of carboxylic acid groups (broad SMARTS) is 1. The lowest BCUT2D eigenvalue weighted by Crippen LogP contribution is -2.41. The molecule has 0 saturated heterocycles. The average molecular weight is 380 g/mol. The first-order valence-electron chi connectivity index (χ1n) is 8.33. The summed E-state index contributed by atoms with van der Waals surface area (Å²) < 4.78 is 4.84. The van der Waals surface area contributed by atoms with Crippen LogP contribution in [0, 0.1) is 13.5 Å². The van der Waals surface area contributed by atoms with E-state index in [1.807, 2.05) is 31.2 Å². The summed E-state index contributed by atoms with van der Waals surface area (Å²) in [5, 5.41) is 10.8. The Hall–Kier alpha value is -2.36. The minimum Gasteiger partial charge on any atom is -0.480 e. The zero-order chi connectivity index (χ0) is 18.3. The molecule has 0 unspecified atom stereocenters. The number of carboxylic acids is 1. The van der Waals surface area contributed by atoms with Crippen LogP contribution in [0.1, 0.15) is 25.0 Å². The maximum absolute atomic E-state index is 11.8. The molecule has 1 saturated carbocycles. The van der Waals surface area contributed by atoms with Gasteiger partial charge in [-0.3, -0.25) is 4.79 Å². The number of hydrogen-bond donors (Lipinski definition) is 1. The van der Waals surface area contributed by atoms with Gasteiger partial charge in [0.1, 0.15) is 4.75 Å². The van der Waals surface area contributed by atoms with Crippen LogP contribution in [-0.4, -0.2) is 20.2 Å². The Morgan fingerprint density at radius 1 is 1.27 bits per heavy atom. The Labute approximate surface area is 159 Å². The standard InChI is InChI=1S/C20H16N2O2S2/c1-12-15-8-9-16(25-20(19(23)24)10-3-11-20)17(18(15)26-22-12)13-4-6-14(21-2)7-5-13/h4-9H,3,10-11H2,1H3,(H,23,24). The third-order valence-corrected chi connectivity index (χ3v) is 7.43. The molecule has 1 aliphatic rings. The number of rotatable bonds is 4. The van der Waals surface area contributed by atoms with Crippen molar-refractivity contribution in [3.63, 3.8) is 0 Å². The normalized spacial score (nSPS) is 15.4. The number of benzene rings is 2. The van der Waals surface area contributed by atoms with E-state index in [-0.39, 0.29) is 0 Å². The topological polar surface area (TPSA) is 54.5 Å². The molecule has 1 aliphatic carbocycles. The smallest absolute Gasteiger partial charge is 0.320 e. The summed E-state index contributed by atoms with van der Waals surface area (Å²) in [6.45, 7) is 9.13. The molecule has 26 heavy (non-hydrogen) atoms. The number of nitrogens with zero attached hydrogens (tertiary/aromatic N) is 2. The van der Waals surface area contributed by atoms with Crippen LogP contribution < -0.4 is 0 Å². The van der Waals surface area contributed by atoms with Crippen molar-refractivity contribution in [3.8, 4) is 11.1 Å². The largest absolute Gasteiger partial charge is 0.480 e. The van der Waals surface area contributed by atoms with Gasteiger partial charge in [0.05, 0.1) is 17.0 Å². The number of hydrogen-bond acceptors (Lipinski definition) is 4. The molecule has 4 nitrogen and oxygen atoms in total. The van der Waals surface area contributed by atoms with Gasteiger partial charge < -0.3 is 5.11 Å². The quantitative estimate of drug-likeness (QED) is 0.571. The number of aromatic nitrogens is 1. The van der Waals surface area contributed by atoms with Crippen molar-refractivity contribution in [3.05, 3.63) is 53.5 Å². The van der Waals surface area contributed by atoms with Gasteiger partial charge in [-0.2, -0.15) is 4.37 Å². The molecule has 0 bridgehead atoms. The van der Waals surface area contributed by atoms with Gasteiger partial charge in [0.15, 0.2) is 5.69 Å². The van der Waals surface area contributed by atoms with Crippen molar-refractivity contribution in [2.45, 2.75) is 35.8 Å². The van der Waals surface area contributed by atoms with E-state index in [4.69, 9.17) is 6.57 Å². The van der Waals surface area contributed by atoms with Crippen LogP contribution in [0.4, 0.5) is 5.69 Å². The lowest BCUT2D eigenvalue weighted by molar-refractivity contribution is -0.142. The second-order valence-corrected chi connectivity index (χ2v) is 8.70. The number of aryl methyl sites for hydroxylation is 1. The van der Waals surface area contributed by atoms with Gasteiger partial charge in [-0.25, -0.2) is 4.85 Å². The molecule has 6 heteroatoms. The molecule has 130 valence electrons. The highest BCUT2D eigenvalue weighted by molar-refractivity contribution is 8.01. The van der Waals surface area contributed by atoms with E-state index in [2.05, 4.69) is 9.22 Å². The van der Waals surface area contributed by atoms with Crippen molar-refractivity contribution in [2.24, 2.45) is 0 Å². The van der Waals surface area contributed by atoms with Crippen molar-refractivity contribution >= 4 is 45.0 Å². The van der Waals surface area contributed by atoms with Gasteiger partial charge in [-0.15, -0.1) is 11.8 Å². The Morgan fingerprint density at radius 2 is 2.00 bits per heavy atom. The van der Waals surface area contributed by atoms with E-state index in [0.717, 1.165) is 38.2 Å². The van der Waals surface area contributed by atoms with E-state index in [0.29, 0.717) is 18.5 Å². The average Bonchev–Trinajstić information content (AvgIpc) is 2.98. The fraction of sp³-hybridized carbons (Fsp3) is 0.250. The zero-order valence-electron chi connectivity index (χ0n) is 14.2. The molecule has 0 atom stereocenters. The summed E-state index contributed by atoms with van der Waals surface area (Å²) in [6, 6.07) is 11.6. The molecule has 0 radical (unpaired) electrons. The zero-order valence-corrected chi connectivity index (χ0v) is 15.8. The number of carbonyl (C=O) groups is 1. The van der Waals surface area contributed by atoms with Crippen LogP contribution in [0.15, 0.2) is 41.3 Å². The second kappa shape index (κ2) is 6.42. The first kappa shape index (κ1) is 17.1. The monoisotopic (exact) mass is 380 g/mol. The second-order valence-electron chi connectivity index (χ2n) is 6.50. The van der Waals surface area contributed by atoms with Crippen LogP contribution in [0.3, 0.4) is 0 Å². The summed E-state index contributed by atoms with van der Waals surface area (Å²) >= 11 is 2.91. The van der Waals surface area contributed by atoms with E-state index < -0.39 is 10.7 Å². The minimum atomic E-state index is -0.733. The SMILES string of the molecule is [C-]#[N+]c1ccc(-c2c(SC3(C(=O)O)CCC3)ccc3c(C)nsc23)cc1. The van der Waals surface area contributed by atoms with Crippen LogP contribution in [0.5, 0.6) is 0 Å². The van der Waals surface area contributed by atoms with Gasteiger partial charge in [0.2, 0.25) is 0 Å². The van der Waals surface area contributed by atoms with Gasteiger partial charge in [0, 0.05) is 15.8 Å². The molecule has 0 aliphatic heterocycles. The summed E-state index contributed by atoms with van der Waals surface area (Å²) in [4.78, 5) is 16.3. The molecule has 1 fully saturated rings. The molecule has 1 aromatic heterocycles. The number of fused-ring (bicyclic) bond motifs is 1. The third-order valence-electron chi connectivity index (χ3n) is 4.92. The molecule has 1 heterocycles. The lowest BCUT2D eigenvalue weighted by atomic mass is 9.84. The summed E-state index contributed by atoms with van der Waals surface area (Å²) in [5.74, 6) is -0.733. The molecule has 2 aromatic carbocycles. The molecule has 3 aromatic rings. The molecule has 0 amide bonds. The maximum atomic E-state index is 11.8. The van der Waals surface area contributed by atoms with Crippen molar-refractivity contribution in [1.82, 2.24) is 4.37 Å². The maximum Gasteiger partial charge on any atom is 0.320 e. The fourth-order valence-electron chi connectivity index (χ4n) is 3.24. The number of aliphatic carboxylic acids is 1. The minimum absolute atomic E-state index is 0.594. The predicted molar refractivity (Wildman–Crippen MR) is 106 cm³/mol. The third kappa shape index (κ3) is 2.68. The highest BCUT2D eigenvalue weighted by Gasteiger charge is 2.46. The van der Waals surface area contributed by atoms with E-state index in [1.165, 1.54) is 23.3 Å². The first-order valence-corrected chi connectivity index (χ1v) is 9.92. The highest BCUT2D eigenvalue weighted by Crippen LogP contribution is 2.51. The van der Waals surface area contributed by atoms with Gasteiger partial charge in [0.25, 0.3) is 0 Å². The van der Waals surface area contributed by atoms with Crippen molar-refractivity contribution in [2.75, 3.05) is 0 Å². The van der Waals surface area contributed by atoms with Crippen LogP contribution in [0.2, 0.25) is 0 Å². The van der Waals surface area contributed by atoms with Crippen LogP contribution in [-0.2, 0) is 4.79 Å². The summed E-state index contributed by atoms with van der Waals surface area (Å²) in [5.41, 5.74) is 3.60. The lowest BCUT2D eigenvalue weighted by Gasteiger charge is -2.37. The molecule has 0 spiro atoms. The predicted octanol–water partition coefficient (Wildman–Crippen LogP) is 5.92. The molecule has 1 N–H and O–H groups in total. The Morgan fingerprint density at radius 3 is 2.58 bits per heavy atom. The summed E-state index contributed by atoms with van der Waals surface area (Å²) in [6.07, 6.45) is 2.35. The number of thioether (sulfide) groups is 1. The fourth-order valence-corrected chi connectivity index (χ4v) is 5.72. The summed E-state index contributed by atoms with van der Waals surface area (Å²) in [7, 11) is 0. The molecule has 4 rings (SSSR count). The van der Waals surface area contributed by atoms with Crippen LogP contribution in [0.25, 0.3) is 26.1 Å². The Balaban J connectivity index is 1.89. The van der Waals surface area contributed by atoms with Gasteiger partial charge in [-0.1, -0.05) is 30.3 Å². The molecular formula is C20H16N2O2S2. The molecular weight excluding hydrogens is 364 g/mol. The van der Waals surface area contributed by atoms with Crippen molar-refractivity contribution < 1.29 is 9.90 Å². The van der Waals surface area contributed by atoms with Crippen LogP contribution >= 0.6 is 23.3 Å². The van der Waals surface area contributed by atoms with Gasteiger partial charge in [-0.05, 0) is 49.3 Å². The highest BCUT2D eigenvalue weighted by atomic mass is 32.2. The first-order chi connectivity index (χ1) is 12.5. The Bertz CT molecular complexity index is 1040. The van der Waals surface area contributed by atoms with E-state index >= 15 is 0 Å². The van der Waals surface area contributed by atoms with E-state index in [1.54, 1.807) is 12.1 Å². The van der Waals surface area contributed by atoms with E-state index in [9.17, 15) is 9.90 Å².